The highest BCUT2D eigenvalue weighted by molar-refractivity contribution is 6.04. The van der Waals surface area contributed by atoms with Crippen molar-refractivity contribution in [1.82, 2.24) is 0 Å². The molecule has 2 aromatic carbocycles. The largest absolute Gasteiger partial charge is 0.418 e. The second kappa shape index (κ2) is 6.47. The van der Waals surface area contributed by atoms with Crippen molar-refractivity contribution >= 4 is 11.5 Å². The van der Waals surface area contributed by atoms with E-state index in [-0.39, 0.29) is 11.5 Å². The van der Waals surface area contributed by atoms with E-state index >= 15 is 0 Å². The number of para-hydroxylation sites is 1. The molecule has 114 valence electrons. The normalized spacial score (nSPS) is 11.6. The van der Waals surface area contributed by atoms with Crippen LogP contribution < -0.4 is 5.32 Å². The molecule has 0 bridgehead atoms. The first-order valence-corrected chi connectivity index (χ1v) is 6.58. The van der Waals surface area contributed by atoms with Gasteiger partial charge in [0.2, 0.25) is 0 Å². The van der Waals surface area contributed by atoms with E-state index in [1.807, 2.05) is 6.92 Å². The third-order valence-electron chi connectivity index (χ3n) is 3.04. The lowest BCUT2D eigenvalue weighted by Gasteiger charge is -2.11. The molecule has 5 heteroatoms. The predicted molar refractivity (Wildman–Crippen MR) is 79.7 cm³/mol. The number of carbonyl (C=O) groups excluding carboxylic acids is 1. The molecule has 0 aliphatic heterocycles. The minimum atomic E-state index is -4.45. The quantitative estimate of drug-likeness (QED) is 0.648. The fourth-order valence-electron chi connectivity index (χ4n) is 1.88. The van der Waals surface area contributed by atoms with Gasteiger partial charge in [-0.05, 0) is 19.1 Å². The first-order chi connectivity index (χ1) is 10.4. The molecule has 0 saturated carbocycles. The van der Waals surface area contributed by atoms with Crippen molar-refractivity contribution < 1.29 is 18.0 Å². The molecule has 1 N–H and O–H groups in total. The Hall–Kier alpha value is -2.56. The number of ketones is 1. The van der Waals surface area contributed by atoms with Crippen molar-refractivity contribution in [3.05, 3.63) is 77.5 Å². The number of hydrogen-bond acceptors (Lipinski definition) is 2. The van der Waals surface area contributed by atoms with E-state index < -0.39 is 11.7 Å². The minimum Gasteiger partial charge on any atom is -0.361 e. The molecule has 0 amide bonds. The standard InChI is InChI=1S/C17H14F3NO/c1-12-6-8-13(9-7-12)16(22)10-11-21-15-5-3-2-4-14(15)17(18,19)20/h2-11,21H,1H3. The highest BCUT2D eigenvalue weighted by Gasteiger charge is 2.32. The maximum atomic E-state index is 12.8. The summed E-state index contributed by atoms with van der Waals surface area (Å²) in [6.45, 7) is 1.90. The number of carbonyl (C=O) groups is 1. The van der Waals surface area contributed by atoms with Crippen molar-refractivity contribution in [2.45, 2.75) is 13.1 Å². The zero-order valence-corrected chi connectivity index (χ0v) is 11.8. The molecule has 0 unspecified atom stereocenters. The Morgan fingerprint density at radius 3 is 2.32 bits per heavy atom. The van der Waals surface area contributed by atoms with Crippen molar-refractivity contribution in [1.29, 1.82) is 0 Å². The van der Waals surface area contributed by atoms with Crippen LogP contribution in [0.25, 0.3) is 0 Å². The predicted octanol–water partition coefficient (Wildman–Crippen LogP) is 4.82. The SMILES string of the molecule is Cc1ccc(C(=O)C=CNc2ccccc2C(F)(F)F)cc1. The maximum absolute atomic E-state index is 12.8. The fraction of sp³-hybridized carbons (Fsp3) is 0.118. The monoisotopic (exact) mass is 305 g/mol. The van der Waals surface area contributed by atoms with Crippen molar-refractivity contribution in [3.8, 4) is 0 Å². The molecule has 0 aromatic heterocycles. The van der Waals surface area contributed by atoms with Crippen molar-refractivity contribution in [3.63, 3.8) is 0 Å². The Bertz CT molecular complexity index is 688. The third kappa shape index (κ3) is 3.97. The molecule has 0 aliphatic carbocycles. The summed E-state index contributed by atoms with van der Waals surface area (Å²) in [4.78, 5) is 11.9. The summed E-state index contributed by atoms with van der Waals surface area (Å²) in [6.07, 6.45) is -2.02. The molecule has 2 aromatic rings. The summed E-state index contributed by atoms with van der Waals surface area (Å²) in [5.41, 5.74) is 0.635. The Balaban J connectivity index is 2.10. The van der Waals surface area contributed by atoms with Gasteiger partial charge in [-0.15, -0.1) is 0 Å². The van der Waals surface area contributed by atoms with Gasteiger partial charge in [0.05, 0.1) is 11.3 Å². The molecule has 0 radical (unpaired) electrons. The number of benzene rings is 2. The number of alkyl halides is 3. The first-order valence-electron chi connectivity index (χ1n) is 6.58. The number of rotatable bonds is 4. The number of aryl methyl sites for hydroxylation is 1. The van der Waals surface area contributed by atoms with Gasteiger partial charge in [-0.1, -0.05) is 42.0 Å². The topological polar surface area (TPSA) is 29.1 Å². The van der Waals surface area contributed by atoms with Crippen LogP contribution in [0.4, 0.5) is 18.9 Å². The molecular weight excluding hydrogens is 291 g/mol. The van der Waals surface area contributed by atoms with Gasteiger partial charge in [0.25, 0.3) is 0 Å². The van der Waals surface area contributed by atoms with Gasteiger partial charge in [0, 0.05) is 17.8 Å². The number of halogens is 3. The lowest BCUT2D eigenvalue weighted by Crippen LogP contribution is -2.08. The molecule has 22 heavy (non-hydrogen) atoms. The zero-order valence-electron chi connectivity index (χ0n) is 11.8. The van der Waals surface area contributed by atoms with Gasteiger partial charge in [0.15, 0.2) is 5.78 Å². The van der Waals surface area contributed by atoms with Crippen LogP contribution in [0.15, 0.2) is 60.8 Å². The molecule has 0 heterocycles. The molecule has 2 nitrogen and oxygen atoms in total. The van der Waals surface area contributed by atoms with Crippen LogP contribution in [0.3, 0.4) is 0 Å². The van der Waals surface area contributed by atoms with Crippen LogP contribution in [0.2, 0.25) is 0 Å². The van der Waals surface area contributed by atoms with Gasteiger partial charge in [-0.2, -0.15) is 13.2 Å². The first kappa shape index (κ1) is 15.8. The second-order valence-electron chi connectivity index (χ2n) is 4.75. The van der Waals surface area contributed by atoms with E-state index in [0.717, 1.165) is 11.6 Å². The van der Waals surface area contributed by atoms with E-state index in [1.165, 1.54) is 30.5 Å². The van der Waals surface area contributed by atoms with E-state index in [9.17, 15) is 18.0 Å². The van der Waals surface area contributed by atoms with Crippen molar-refractivity contribution in [2.24, 2.45) is 0 Å². The molecule has 0 aliphatic rings. The molecule has 0 saturated heterocycles. The highest BCUT2D eigenvalue weighted by Crippen LogP contribution is 2.34. The van der Waals surface area contributed by atoms with Crippen LogP contribution in [0.5, 0.6) is 0 Å². The van der Waals surface area contributed by atoms with Gasteiger partial charge in [0.1, 0.15) is 0 Å². The van der Waals surface area contributed by atoms with Gasteiger partial charge >= 0.3 is 6.18 Å². The summed E-state index contributed by atoms with van der Waals surface area (Å²) in [7, 11) is 0. The third-order valence-corrected chi connectivity index (χ3v) is 3.04. The lowest BCUT2D eigenvalue weighted by molar-refractivity contribution is -0.136. The van der Waals surface area contributed by atoms with Crippen LogP contribution >= 0.6 is 0 Å². The van der Waals surface area contributed by atoms with Crippen LogP contribution in [-0.2, 0) is 6.18 Å². The Labute approximate surface area is 126 Å². The Morgan fingerprint density at radius 1 is 1.05 bits per heavy atom. The van der Waals surface area contributed by atoms with Gasteiger partial charge in [-0.25, -0.2) is 0 Å². The summed E-state index contributed by atoms with van der Waals surface area (Å²) >= 11 is 0. The number of allylic oxidation sites excluding steroid dienone is 1. The molecule has 0 spiro atoms. The van der Waals surface area contributed by atoms with Crippen LogP contribution in [-0.4, -0.2) is 5.78 Å². The van der Waals surface area contributed by atoms with Crippen LogP contribution in [0.1, 0.15) is 21.5 Å². The van der Waals surface area contributed by atoms with Crippen LogP contribution in [0, 0.1) is 6.92 Å². The average molecular weight is 305 g/mol. The van der Waals surface area contributed by atoms with Gasteiger partial charge in [-0.3, -0.25) is 4.79 Å². The molecular formula is C17H14F3NO. The van der Waals surface area contributed by atoms with E-state index in [1.54, 1.807) is 24.3 Å². The summed E-state index contributed by atoms with van der Waals surface area (Å²) < 4.78 is 38.4. The summed E-state index contributed by atoms with van der Waals surface area (Å²) in [5, 5.41) is 2.51. The maximum Gasteiger partial charge on any atom is 0.418 e. The van der Waals surface area contributed by atoms with Crippen molar-refractivity contribution in [2.75, 3.05) is 5.32 Å². The van der Waals surface area contributed by atoms with E-state index in [4.69, 9.17) is 0 Å². The van der Waals surface area contributed by atoms with E-state index in [2.05, 4.69) is 5.32 Å². The number of nitrogens with one attached hydrogen (secondary N) is 1. The zero-order chi connectivity index (χ0) is 16.2. The summed E-state index contributed by atoms with van der Waals surface area (Å²) in [5.74, 6) is -0.281. The number of anilines is 1. The molecule has 0 atom stereocenters. The molecule has 2 rings (SSSR count). The number of hydrogen-bond donors (Lipinski definition) is 1. The van der Waals surface area contributed by atoms with E-state index in [0.29, 0.717) is 5.56 Å². The molecule has 0 fully saturated rings. The van der Waals surface area contributed by atoms with Gasteiger partial charge < -0.3 is 5.32 Å². The lowest BCUT2D eigenvalue weighted by atomic mass is 10.1. The highest BCUT2D eigenvalue weighted by atomic mass is 19.4. The second-order valence-corrected chi connectivity index (χ2v) is 4.75. The fourth-order valence-corrected chi connectivity index (χ4v) is 1.88. The smallest absolute Gasteiger partial charge is 0.361 e. The minimum absolute atomic E-state index is 0.0945. The Kier molecular flexibility index (Phi) is 4.65. The average Bonchev–Trinajstić information content (AvgIpc) is 2.47. The Morgan fingerprint density at radius 2 is 1.68 bits per heavy atom. The summed E-state index contributed by atoms with van der Waals surface area (Å²) in [6, 6.07) is 12.0.